The number of ether oxygens (including phenoxy) is 1. The summed E-state index contributed by atoms with van der Waals surface area (Å²) in [5, 5.41) is 6.51. The van der Waals surface area contributed by atoms with Gasteiger partial charge in [-0.2, -0.15) is 13.2 Å². The van der Waals surface area contributed by atoms with Crippen LogP contribution in [0.2, 0.25) is 0 Å². The number of aryl methyl sites for hydroxylation is 1. The van der Waals surface area contributed by atoms with E-state index in [1.165, 1.54) is 0 Å². The molecule has 0 bridgehead atoms. The molecule has 20 heavy (non-hydrogen) atoms. The number of alkyl halides is 3. The van der Waals surface area contributed by atoms with E-state index in [-0.39, 0.29) is 5.88 Å². The zero-order valence-electron chi connectivity index (χ0n) is 10.6. The van der Waals surface area contributed by atoms with Gasteiger partial charge in [-0.05, 0) is 30.2 Å². The van der Waals surface area contributed by atoms with Gasteiger partial charge < -0.3 is 10.5 Å². The zero-order valence-corrected chi connectivity index (χ0v) is 10.6. The predicted octanol–water partition coefficient (Wildman–Crippen LogP) is 3.05. The van der Waals surface area contributed by atoms with Gasteiger partial charge in [0.2, 0.25) is 5.88 Å². The summed E-state index contributed by atoms with van der Waals surface area (Å²) in [6.45, 7) is 2.16. The molecule has 0 unspecified atom stereocenters. The average Bonchev–Trinajstić information content (AvgIpc) is 2.41. The summed E-state index contributed by atoms with van der Waals surface area (Å²) in [5.41, 5.74) is 6.14. The molecule has 2 aromatic rings. The second-order valence-corrected chi connectivity index (χ2v) is 4.16. The van der Waals surface area contributed by atoms with Crippen molar-refractivity contribution in [2.45, 2.75) is 19.6 Å². The van der Waals surface area contributed by atoms with Gasteiger partial charge in [0, 0.05) is 12.6 Å². The maximum atomic E-state index is 12.4. The monoisotopic (exact) mass is 283 g/mol. The van der Waals surface area contributed by atoms with E-state index in [1.54, 1.807) is 6.07 Å². The lowest BCUT2D eigenvalue weighted by Gasteiger charge is -2.10. The molecule has 0 saturated carbocycles. The highest BCUT2D eigenvalue weighted by Crippen LogP contribution is 2.29. The van der Waals surface area contributed by atoms with Gasteiger partial charge >= 0.3 is 6.18 Å². The maximum Gasteiger partial charge on any atom is 0.435 e. The molecule has 0 aliphatic rings. The Hall–Kier alpha value is -2.15. The van der Waals surface area contributed by atoms with Crippen LogP contribution in [0.15, 0.2) is 30.3 Å². The Bertz CT molecular complexity index is 597. The average molecular weight is 283 g/mol. The highest BCUT2D eigenvalue weighted by Gasteiger charge is 2.32. The molecule has 0 radical (unpaired) electrons. The second-order valence-electron chi connectivity index (χ2n) is 4.16. The molecule has 1 aromatic carbocycles. The first-order valence-corrected chi connectivity index (χ1v) is 5.78. The van der Waals surface area contributed by atoms with Gasteiger partial charge in [0.15, 0.2) is 5.69 Å². The number of aromatic nitrogens is 2. The molecule has 0 atom stereocenters. The lowest BCUT2D eigenvalue weighted by molar-refractivity contribution is -0.141. The number of rotatable bonds is 3. The molecule has 0 aliphatic carbocycles. The lowest BCUT2D eigenvalue weighted by Crippen LogP contribution is -2.09. The van der Waals surface area contributed by atoms with E-state index in [4.69, 9.17) is 10.5 Å². The van der Waals surface area contributed by atoms with E-state index in [2.05, 4.69) is 10.2 Å². The van der Waals surface area contributed by atoms with Crippen LogP contribution < -0.4 is 10.5 Å². The first-order valence-electron chi connectivity index (χ1n) is 5.78. The van der Waals surface area contributed by atoms with Crippen molar-refractivity contribution in [1.29, 1.82) is 0 Å². The Labute approximate surface area is 113 Å². The number of nitrogens with zero attached hydrogens (tertiary/aromatic N) is 2. The van der Waals surface area contributed by atoms with E-state index in [9.17, 15) is 13.2 Å². The van der Waals surface area contributed by atoms with E-state index in [0.717, 1.165) is 23.3 Å². The van der Waals surface area contributed by atoms with Gasteiger partial charge in [-0.1, -0.05) is 12.1 Å². The van der Waals surface area contributed by atoms with Crippen LogP contribution in [0.1, 0.15) is 16.8 Å². The minimum Gasteiger partial charge on any atom is -0.437 e. The summed E-state index contributed by atoms with van der Waals surface area (Å²) in [5.74, 6) is 0.484. The van der Waals surface area contributed by atoms with Crippen LogP contribution in [0.25, 0.3) is 0 Å². The SMILES string of the molecule is Cc1ccc(CN)cc1Oc1ccc(C(F)(F)F)nn1. The van der Waals surface area contributed by atoms with E-state index >= 15 is 0 Å². The van der Waals surface area contributed by atoms with Crippen molar-refractivity contribution in [2.24, 2.45) is 5.73 Å². The molecule has 0 amide bonds. The summed E-state index contributed by atoms with van der Waals surface area (Å²) in [6.07, 6.45) is -4.51. The van der Waals surface area contributed by atoms with Crippen molar-refractivity contribution in [2.75, 3.05) is 0 Å². The fraction of sp³-hybridized carbons (Fsp3) is 0.231. The number of nitrogens with two attached hydrogens (primary N) is 1. The Morgan fingerprint density at radius 1 is 1.15 bits per heavy atom. The molecular weight excluding hydrogens is 271 g/mol. The van der Waals surface area contributed by atoms with Crippen molar-refractivity contribution in [1.82, 2.24) is 10.2 Å². The number of hydrogen-bond acceptors (Lipinski definition) is 4. The summed E-state index contributed by atoms with van der Waals surface area (Å²) in [6, 6.07) is 7.33. The molecule has 0 saturated heterocycles. The second kappa shape index (κ2) is 5.46. The normalized spacial score (nSPS) is 11.4. The summed E-state index contributed by atoms with van der Waals surface area (Å²) < 4.78 is 42.5. The highest BCUT2D eigenvalue weighted by atomic mass is 19.4. The summed E-state index contributed by atoms with van der Waals surface area (Å²) in [7, 11) is 0. The minimum atomic E-state index is -4.51. The van der Waals surface area contributed by atoms with Crippen LogP contribution in [0, 0.1) is 6.92 Å². The van der Waals surface area contributed by atoms with Crippen molar-refractivity contribution in [3.8, 4) is 11.6 Å². The van der Waals surface area contributed by atoms with Gasteiger partial charge in [-0.25, -0.2) is 0 Å². The smallest absolute Gasteiger partial charge is 0.435 e. The van der Waals surface area contributed by atoms with Crippen LogP contribution in [0.4, 0.5) is 13.2 Å². The van der Waals surface area contributed by atoms with Crippen LogP contribution in [0.5, 0.6) is 11.6 Å². The quantitative estimate of drug-likeness (QED) is 0.940. The molecule has 1 heterocycles. The summed E-state index contributed by atoms with van der Waals surface area (Å²) >= 11 is 0. The summed E-state index contributed by atoms with van der Waals surface area (Å²) in [4.78, 5) is 0. The molecule has 0 aliphatic heterocycles. The minimum absolute atomic E-state index is 0.00438. The number of halogens is 3. The fourth-order valence-corrected chi connectivity index (χ4v) is 1.52. The van der Waals surface area contributed by atoms with E-state index in [1.807, 2.05) is 19.1 Å². The molecule has 4 nitrogen and oxygen atoms in total. The Morgan fingerprint density at radius 2 is 1.90 bits per heavy atom. The molecule has 106 valence electrons. The zero-order chi connectivity index (χ0) is 14.8. The molecule has 7 heteroatoms. The van der Waals surface area contributed by atoms with Crippen LogP contribution in [-0.4, -0.2) is 10.2 Å². The van der Waals surface area contributed by atoms with Gasteiger partial charge in [-0.15, -0.1) is 10.2 Å². The number of hydrogen-bond donors (Lipinski definition) is 1. The van der Waals surface area contributed by atoms with E-state index < -0.39 is 11.9 Å². The van der Waals surface area contributed by atoms with Gasteiger partial charge in [0.05, 0.1) is 0 Å². The van der Waals surface area contributed by atoms with Crippen molar-refractivity contribution < 1.29 is 17.9 Å². The molecule has 2 N–H and O–H groups in total. The molecule has 2 rings (SSSR count). The van der Waals surface area contributed by atoms with Crippen molar-refractivity contribution in [3.63, 3.8) is 0 Å². The largest absolute Gasteiger partial charge is 0.437 e. The standard InChI is InChI=1S/C13H12F3N3O/c1-8-2-3-9(7-17)6-10(8)20-12-5-4-11(18-19-12)13(14,15)16/h2-6H,7,17H2,1H3. The predicted molar refractivity (Wildman–Crippen MR) is 66.2 cm³/mol. The van der Waals surface area contributed by atoms with Crippen molar-refractivity contribution >= 4 is 0 Å². The molecular formula is C13H12F3N3O. The third-order valence-electron chi connectivity index (χ3n) is 2.63. The fourth-order valence-electron chi connectivity index (χ4n) is 1.52. The first kappa shape index (κ1) is 14.3. The lowest BCUT2D eigenvalue weighted by atomic mass is 10.1. The topological polar surface area (TPSA) is 61.0 Å². The maximum absolute atomic E-state index is 12.4. The molecule has 1 aromatic heterocycles. The van der Waals surface area contributed by atoms with Crippen LogP contribution in [0.3, 0.4) is 0 Å². The van der Waals surface area contributed by atoms with Crippen molar-refractivity contribution in [3.05, 3.63) is 47.2 Å². The van der Waals surface area contributed by atoms with Gasteiger partial charge in [-0.3, -0.25) is 0 Å². The first-order chi connectivity index (χ1) is 9.40. The molecule has 0 spiro atoms. The van der Waals surface area contributed by atoms with Gasteiger partial charge in [0.25, 0.3) is 0 Å². The van der Waals surface area contributed by atoms with E-state index in [0.29, 0.717) is 12.3 Å². The Morgan fingerprint density at radius 3 is 2.45 bits per heavy atom. The van der Waals surface area contributed by atoms with Gasteiger partial charge in [0.1, 0.15) is 5.75 Å². The third-order valence-corrected chi connectivity index (χ3v) is 2.63. The van der Waals surface area contributed by atoms with Crippen LogP contribution >= 0.6 is 0 Å². The Kier molecular flexibility index (Phi) is 3.89. The number of benzene rings is 1. The Balaban J connectivity index is 2.22. The molecule has 0 fully saturated rings. The highest BCUT2D eigenvalue weighted by molar-refractivity contribution is 5.38. The van der Waals surface area contributed by atoms with Crippen LogP contribution in [-0.2, 0) is 12.7 Å². The third kappa shape index (κ3) is 3.24.